The highest BCUT2D eigenvalue weighted by Gasteiger charge is 2.62. The third-order valence-electron chi connectivity index (χ3n) is 3.56. The summed E-state index contributed by atoms with van der Waals surface area (Å²) in [5.41, 5.74) is -2.34. The van der Waals surface area contributed by atoms with Crippen molar-refractivity contribution >= 4 is 11.9 Å². The summed E-state index contributed by atoms with van der Waals surface area (Å²) in [6, 6.07) is 0. The smallest absolute Gasteiger partial charge is 0.404 e. The molecule has 5 nitrogen and oxygen atoms in total. The zero-order chi connectivity index (χ0) is 15.4. The SMILES string of the molecule is COC(=O)CCCN(C)C(=O)C1(C(F)(F)F)CCNC1. The molecule has 0 aromatic heterocycles. The van der Waals surface area contributed by atoms with Crippen LogP contribution in [0, 0.1) is 5.41 Å². The number of methoxy groups -OCH3 is 1. The molecule has 0 saturated carbocycles. The number of hydrogen-bond acceptors (Lipinski definition) is 4. The lowest BCUT2D eigenvalue weighted by Gasteiger charge is -2.33. The molecular weight excluding hydrogens is 277 g/mol. The highest BCUT2D eigenvalue weighted by molar-refractivity contribution is 5.84. The van der Waals surface area contributed by atoms with Gasteiger partial charge in [0.25, 0.3) is 0 Å². The van der Waals surface area contributed by atoms with Crippen molar-refractivity contribution in [2.75, 3.05) is 33.8 Å². The fraction of sp³-hybridized carbons (Fsp3) is 0.833. The maximum atomic E-state index is 13.2. The predicted molar refractivity (Wildman–Crippen MR) is 64.9 cm³/mol. The lowest BCUT2D eigenvalue weighted by molar-refractivity contribution is -0.221. The van der Waals surface area contributed by atoms with Gasteiger partial charge in [-0.15, -0.1) is 0 Å². The van der Waals surface area contributed by atoms with E-state index in [9.17, 15) is 22.8 Å². The molecule has 1 unspecified atom stereocenters. The second kappa shape index (κ2) is 6.43. The van der Waals surface area contributed by atoms with Crippen molar-refractivity contribution in [3.8, 4) is 0 Å². The van der Waals surface area contributed by atoms with E-state index >= 15 is 0 Å². The molecule has 8 heteroatoms. The number of carbonyl (C=O) groups is 2. The number of halogens is 3. The van der Waals surface area contributed by atoms with Gasteiger partial charge in [0.2, 0.25) is 5.91 Å². The lowest BCUT2D eigenvalue weighted by Crippen LogP contribution is -2.52. The van der Waals surface area contributed by atoms with E-state index < -0.39 is 30.0 Å². The van der Waals surface area contributed by atoms with Gasteiger partial charge < -0.3 is 15.0 Å². The molecular formula is C12H19F3N2O3. The number of nitrogens with one attached hydrogen (secondary N) is 1. The van der Waals surface area contributed by atoms with E-state index in [4.69, 9.17) is 0 Å². The quantitative estimate of drug-likeness (QED) is 0.767. The van der Waals surface area contributed by atoms with Crippen molar-refractivity contribution in [3.05, 3.63) is 0 Å². The van der Waals surface area contributed by atoms with Gasteiger partial charge in [-0.05, 0) is 19.4 Å². The van der Waals surface area contributed by atoms with Crippen molar-refractivity contribution in [2.24, 2.45) is 5.41 Å². The zero-order valence-electron chi connectivity index (χ0n) is 11.5. The van der Waals surface area contributed by atoms with E-state index in [2.05, 4.69) is 10.1 Å². The van der Waals surface area contributed by atoms with E-state index in [1.807, 2.05) is 0 Å². The summed E-state index contributed by atoms with van der Waals surface area (Å²) >= 11 is 0. The number of ether oxygens (including phenoxy) is 1. The van der Waals surface area contributed by atoms with Crippen LogP contribution in [0.5, 0.6) is 0 Å². The van der Waals surface area contributed by atoms with Crippen molar-refractivity contribution < 1.29 is 27.5 Å². The maximum absolute atomic E-state index is 13.2. The number of rotatable bonds is 5. The van der Waals surface area contributed by atoms with E-state index in [-0.39, 0.29) is 32.4 Å². The van der Waals surface area contributed by atoms with Crippen molar-refractivity contribution in [1.29, 1.82) is 0 Å². The fourth-order valence-corrected chi connectivity index (χ4v) is 2.27. The third-order valence-corrected chi connectivity index (χ3v) is 3.56. The molecule has 1 N–H and O–H groups in total. The second-order valence-corrected chi connectivity index (χ2v) is 4.91. The summed E-state index contributed by atoms with van der Waals surface area (Å²) in [5.74, 6) is -1.39. The van der Waals surface area contributed by atoms with Crippen molar-refractivity contribution in [2.45, 2.75) is 25.4 Å². The number of alkyl halides is 3. The molecule has 0 spiro atoms. The number of amides is 1. The Morgan fingerprint density at radius 1 is 1.40 bits per heavy atom. The fourth-order valence-electron chi connectivity index (χ4n) is 2.27. The topological polar surface area (TPSA) is 58.6 Å². The zero-order valence-corrected chi connectivity index (χ0v) is 11.5. The van der Waals surface area contributed by atoms with Gasteiger partial charge in [-0.3, -0.25) is 9.59 Å². The molecule has 0 aromatic rings. The highest BCUT2D eigenvalue weighted by atomic mass is 19.4. The standard InChI is InChI=1S/C12H19F3N2O3/c1-17(7-3-4-9(18)20-2)10(19)11(12(13,14)15)5-6-16-8-11/h16H,3-8H2,1-2H3. The normalized spacial score (nSPS) is 22.6. The molecule has 0 radical (unpaired) electrons. The largest absolute Gasteiger partial charge is 0.469 e. The summed E-state index contributed by atoms with van der Waals surface area (Å²) < 4.78 is 43.9. The maximum Gasteiger partial charge on any atom is 0.404 e. The first-order valence-corrected chi connectivity index (χ1v) is 6.34. The Kier molecular flexibility index (Phi) is 5.38. The van der Waals surface area contributed by atoms with Crippen LogP contribution in [0.4, 0.5) is 13.2 Å². The first-order valence-electron chi connectivity index (χ1n) is 6.34. The van der Waals surface area contributed by atoms with E-state index in [0.29, 0.717) is 0 Å². The molecule has 1 saturated heterocycles. The molecule has 1 atom stereocenters. The van der Waals surface area contributed by atoms with E-state index in [1.54, 1.807) is 0 Å². The van der Waals surface area contributed by atoms with Crippen molar-refractivity contribution in [1.82, 2.24) is 10.2 Å². The van der Waals surface area contributed by atoms with Gasteiger partial charge in [-0.25, -0.2) is 0 Å². The molecule has 1 heterocycles. The monoisotopic (exact) mass is 296 g/mol. The molecule has 1 rings (SSSR count). The number of nitrogens with zero attached hydrogens (tertiary/aromatic N) is 1. The summed E-state index contributed by atoms with van der Waals surface area (Å²) in [5, 5.41) is 2.60. The molecule has 0 bridgehead atoms. The highest BCUT2D eigenvalue weighted by Crippen LogP contribution is 2.44. The molecule has 116 valence electrons. The van der Waals surface area contributed by atoms with Crippen LogP contribution in [-0.2, 0) is 14.3 Å². The van der Waals surface area contributed by atoms with Crippen LogP contribution in [0.15, 0.2) is 0 Å². The Hall–Kier alpha value is -1.31. The van der Waals surface area contributed by atoms with Gasteiger partial charge in [0.05, 0.1) is 7.11 Å². The summed E-state index contributed by atoms with van der Waals surface area (Å²) in [6.07, 6.45) is -4.48. The van der Waals surface area contributed by atoms with Gasteiger partial charge in [0, 0.05) is 26.6 Å². The van der Waals surface area contributed by atoms with Crippen LogP contribution in [-0.4, -0.2) is 56.7 Å². The Morgan fingerprint density at radius 2 is 2.05 bits per heavy atom. The van der Waals surface area contributed by atoms with Crippen LogP contribution in [0.25, 0.3) is 0 Å². The van der Waals surface area contributed by atoms with Gasteiger partial charge >= 0.3 is 12.1 Å². The summed E-state index contributed by atoms with van der Waals surface area (Å²) in [7, 11) is 2.56. The summed E-state index contributed by atoms with van der Waals surface area (Å²) in [4.78, 5) is 24.1. The summed E-state index contributed by atoms with van der Waals surface area (Å²) in [6.45, 7) is -0.135. The Labute approximate surface area is 115 Å². The number of hydrogen-bond donors (Lipinski definition) is 1. The Balaban J connectivity index is 2.64. The van der Waals surface area contributed by atoms with Crippen LogP contribution < -0.4 is 5.32 Å². The van der Waals surface area contributed by atoms with E-state index in [0.717, 1.165) is 4.90 Å². The first kappa shape index (κ1) is 16.7. The van der Waals surface area contributed by atoms with Crippen molar-refractivity contribution in [3.63, 3.8) is 0 Å². The number of carbonyl (C=O) groups excluding carboxylic acids is 2. The third kappa shape index (κ3) is 3.41. The molecule has 1 aliphatic rings. The minimum absolute atomic E-state index is 0.0748. The van der Waals surface area contributed by atoms with Crippen LogP contribution in [0.3, 0.4) is 0 Å². The molecule has 1 amide bonds. The Bertz CT molecular complexity index is 365. The average Bonchev–Trinajstić information content (AvgIpc) is 2.87. The minimum Gasteiger partial charge on any atom is -0.469 e. The minimum atomic E-state index is -4.58. The average molecular weight is 296 g/mol. The van der Waals surface area contributed by atoms with Crippen LogP contribution in [0.2, 0.25) is 0 Å². The van der Waals surface area contributed by atoms with Crippen LogP contribution >= 0.6 is 0 Å². The molecule has 1 fully saturated rings. The molecule has 1 aliphatic heterocycles. The van der Waals surface area contributed by atoms with Gasteiger partial charge in [-0.1, -0.05) is 0 Å². The van der Waals surface area contributed by atoms with Gasteiger partial charge in [0.15, 0.2) is 5.41 Å². The molecule has 20 heavy (non-hydrogen) atoms. The van der Waals surface area contributed by atoms with Crippen LogP contribution in [0.1, 0.15) is 19.3 Å². The molecule has 0 aliphatic carbocycles. The van der Waals surface area contributed by atoms with E-state index in [1.165, 1.54) is 14.2 Å². The lowest BCUT2D eigenvalue weighted by atomic mass is 9.84. The molecule has 0 aromatic carbocycles. The Morgan fingerprint density at radius 3 is 2.50 bits per heavy atom. The second-order valence-electron chi connectivity index (χ2n) is 4.91. The predicted octanol–water partition coefficient (Wildman–Crippen LogP) is 0.940. The van der Waals surface area contributed by atoms with Gasteiger partial charge in [0.1, 0.15) is 0 Å². The number of esters is 1. The first-order chi connectivity index (χ1) is 9.24. The van der Waals surface area contributed by atoms with Gasteiger partial charge in [-0.2, -0.15) is 13.2 Å².